The third kappa shape index (κ3) is 3.25. The van der Waals surface area contributed by atoms with Crippen LogP contribution >= 0.6 is 22.6 Å². The zero-order chi connectivity index (χ0) is 14.0. The molecule has 0 spiro atoms. The van der Waals surface area contributed by atoms with Crippen LogP contribution in [-0.4, -0.2) is 38.1 Å². The molecule has 3 atom stereocenters. The van der Waals surface area contributed by atoms with Gasteiger partial charge in [-0.15, -0.1) is 0 Å². The van der Waals surface area contributed by atoms with Gasteiger partial charge in [0, 0.05) is 18.2 Å². The first-order valence-corrected chi connectivity index (χ1v) is 7.34. The molecule has 1 unspecified atom stereocenters. The summed E-state index contributed by atoms with van der Waals surface area (Å²) in [6, 6.07) is 0. The lowest BCUT2D eigenvalue weighted by atomic mass is 10.2. The number of hydrogen-bond acceptors (Lipinski definition) is 5. The van der Waals surface area contributed by atoms with Gasteiger partial charge >= 0.3 is 5.69 Å². The second kappa shape index (κ2) is 6.16. The van der Waals surface area contributed by atoms with Crippen LogP contribution in [0.1, 0.15) is 18.2 Å². The monoisotopic (exact) mass is 382 g/mol. The van der Waals surface area contributed by atoms with Crippen molar-refractivity contribution < 1.29 is 14.6 Å². The number of nitrogens with one attached hydrogen (secondary N) is 1. The third-order valence-electron chi connectivity index (χ3n) is 3.02. The number of aliphatic hydroxyl groups is 1. The summed E-state index contributed by atoms with van der Waals surface area (Å²) in [6.07, 6.45) is 0.00711. The normalized spacial score (nSPS) is 26.8. The molecule has 1 fully saturated rings. The predicted octanol–water partition coefficient (Wildman–Crippen LogP) is -0.0975. The van der Waals surface area contributed by atoms with Gasteiger partial charge in [0.05, 0.1) is 17.3 Å². The smallest absolute Gasteiger partial charge is 0.330 e. The topological polar surface area (TPSA) is 93.6 Å². The number of aromatic amines is 1. The lowest BCUT2D eigenvalue weighted by molar-refractivity contribution is -0.0557. The van der Waals surface area contributed by atoms with Crippen LogP contribution in [0.4, 0.5) is 0 Å². The van der Waals surface area contributed by atoms with Crippen LogP contribution in [0.5, 0.6) is 0 Å². The van der Waals surface area contributed by atoms with Crippen LogP contribution in [-0.2, 0) is 9.47 Å². The molecular formula is C11H15IN2O5. The molecule has 0 radical (unpaired) electrons. The maximum Gasteiger partial charge on any atom is 0.330 e. The van der Waals surface area contributed by atoms with Crippen LogP contribution in [0.25, 0.3) is 0 Å². The van der Waals surface area contributed by atoms with Gasteiger partial charge < -0.3 is 14.6 Å². The quantitative estimate of drug-likeness (QED) is 0.561. The number of rotatable bonds is 4. The summed E-state index contributed by atoms with van der Waals surface area (Å²) in [5.41, 5.74) is -0.530. The lowest BCUT2D eigenvalue weighted by Crippen LogP contribution is -2.33. The van der Waals surface area contributed by atoms with E-state index < -0.39 is 29.7 Å². The molecule has 2 rings (SSSR count). The first kappa shape index (κ1) is 14.7. The van der Waals surface area contributed by atoms with E-state index in [9.17, 15) is 14.7 Å². The number of nitrogens with zero attached hydrogens (tertiary/aromatic N) is 1. The summed E-state index contributed by atoms with van der Waals surface area (Å²) in [5, 5.41) is 9.87. The van der Waals surface area contributed by atoms with Crippen LogP contribution in [0.15, 0.2) is 15.8 Å². The van der Waals surface area contributed by atoms with Gasteiger partial charge in [-0.3, -0.25) is 14.3 Å². The molecule has 1 aromatic rings. The maximum atomic E-state index is 11.7. The Bertz CT molecular complexity index is 555. The lowest BCUT2D eigenvalue weighted by Gasteiger charge is -2.15. The van der Waals surface area contributed by atoms with Crippen molar-refractivity contribution >= 4 is 22.6 Å². The van der Waals surface area contributed by atoms with Crippen LogP contribution in [0.2, 0.25) is 0 Å². The zero-order valence-electron chi connectivity index (χ0n) is 10.3. The van der Waals surface area contributed by atoms with Gasteiger partial charge in [0.1, 0.15) is 12.3 Å². The number of aryl methyl sites for hydroxylation is 1. The highest BCUT2D eigenvalue weighted by molar-refractivity contribution is 14.1. The SMILES string of the molecule is Cc1cn([C@H]2CC(O)[C@@H](COCI)O2)c(=O)[nH]c1=O. The fraction of sp³-hybridized carbons (Fsp3) is 0.636. The van der Waals surface area contributed by atoms with Gasteiger partial charge in [-0.25, -0.2) is 4.79 Å². The van der Waals surface area contributed by atoms with E-state index in [1.807, 2.05) is 0 Å². The Balaban J connectivity index is 2.18. The number of hydrogen-bond donors (Lipinski definition) is 2. The molecule has 1 aromatic heterocycles. The van der Waals surface area contributed by atoms with Gasteiger partial charge in [-0.2, -0.15) is 0 Å². The Kier molecular flexibility index (Phi) is 4.76. The van der Waals surface area contributed by atoms with E-state index in [4.69, 9.17) is 9.47 Å². The Morgan fingerprint density at radius 2 is 2.37 bits per heavy atom. The van der Waals surface area contributed by atoms with Gasteiger partial charge in [-0.1, -0.05) is 22.6 Å². The maximum absolute atomic E-state index is 11.7. The molecule has 1 aliphatic heterocycles. The van der Waals surface area contributed by atoms with E-state index in [0.29, 0.717) is 16.6 Å². The average molecular weight is 382 g/mol. The summed E-state index contributed by atoms with van der Waals surface area (Å²) in [5.74, 6) is 0. The van der Waals surface area contributed by atoms with E-state index in [0.717, 1.165) is 0 Å². The molecule has 19 heavy (non-hydrogen) atoms. The Labute approximate surface area is 122 Å². The number of aliphatic hydroxyl groups excluding tert-OH is 1. The van der Waals surface area contributed by atoms with Crippen molar-refractivity contribution in [1.29, 1.82) is 0 Å². The second-order valence-corrected chi connectivity index (χ2v) is 5.01. The summed E-state index contributed by atoms with van der Waals surface area (Å²) in [7, 11) is 0. The number of halogens is 1. The van der Waals surface area contributed by atoms with Crippen molar-refractivity contribution in [2.24, 2.45) is 0 Å². The molecule has 2 heterocycles. The minimum Gasteiger partial charge on any atom is -0.390 e. The molecule has 1 saturated heterocycles. The highest BCUT2D eigenvalue weighted by Crippen LogP contribution is 2.27. The fourth-order valence-electron chi connectivity index (χ4n) is 2.00. The number of ether oxygens (including phenoxy) is 2. The summed E-state index contributed by atoms with van der Waals surface area (Å²) >= 11 is 2.06. The number of aromatic nitrogens is 2. The van der Waals surface area contributed by atoms with E-state index in [1.54, 1.807) is 6.92 Å². The van der Waals surface area contributed by atoms with Crippen molar-refractivity contribution in [2.75, 3.05) is 11.2 Å². The van der Waals surface area contributed by atoms with Crippen molar-refractivity contribution in [2.45, 2.75) is 31.8 Å². The summed E-state index contributed by atoms with van der Waals surface area (Å²) in [6.45, 7) is 1.88. The first-order chi connectivity index (χ1) is 9.02. The van der Waals surface area contributed by atoms with Crippen molar-refractivity contribution in [3.8, 4) is 0 Å². The molecular weight excluding hydrogens is 367 g/mol. The Morgan fingerprint density at radius 3 is 3.05 bits per heavy atom. The summed E-state index contributed by atoms with van der Waals surface area (Å²) < 4.78 is 12.6. The highest BCUT2D eigenvalue weighted by Gasteiger charge is 2.35. The van der Waals surface area contributed by atoms with Crippen LogP contribution < -0.4 is 11.2 Å². The van der Waals surface area contributed by atoms with Crippen molar-refractivity contribution in [3.05, 3.63) is 32.6 Å². The van der Waals surface area contributed by atoms with E-state index in [-0.39, 0.29) is 6.61 Å². The van der Waals surface area contributed by atoms with Crippen molar-refractivity contribution in [3.63, 3.8) is 0 Å². The molecule has 8 heteroatoms. The molecule has 0 aliphatic carbocycles. The largest absolute Gasteiger partial charge is 0.390 e. The van der Waals surface area contributed by atoms with Gasteiger partial charge in [-0.05, 0) is 6.92 Å². The summed E-state index contributed by atoms with van der Waals surface area (Å²) in [4.78, 5) is 25.2. The highest BCUT2D eigenvalue weighted by atomic mass is 127. The molecule has 7 nitrogen and oxygen atoms in total. The molecule has 0 bridgehead atoms. The third-order valence-corrected chi connectivity index (χ3v) is 3.46. The van der Waals surface area contributed by atoms with E-state index >= 15 is 0 Å². The molecule has 0 saturated carbocycles. The van der Waals surface area contributed by atoms with Crippen molar-refractivity contribution in [1.82, 2.24) is 9.55 Å². The molecule has 2 N–H and O–H groups in total. The fourth-order valence-corrected chi connectivity index (χ4v) is 2.25. The predicted molar refractivity (Wildman–Crippen MR) is 75.4 cm³/mol. The Hall–Kier alpha value is -0.710. The standard InChI is InChI=1S/C11H15IN2O5/c1-6-3-14(11(17)13-10(6)16)9-2-7(15)8(19-9)4-18-5-12/h3,7-9,15H,2,4-5H2,1H3,(H,13,16,17)/t7?,8-,9-/m1/s1. The molecule has 0 amide bonds. The first-order valence-electron chi connectivity index (χ1n) is 5.82. The second-order valence-electron chi connectivity index (χ2n) is 4.39. The zero-order valence-corrected chi connectivity index (χ0v) is 12.5. The molecule has 0 aromatic carbocycles. The van der Waals surface area contributed by atoms with Gasteiger partial charge in [0.15, 0.2) is 0 Å². The van der Waals surface area contributed by atoms with E-state index in [1.165, 1.54) is 10.8 Å². The minimum absolute atomic E-state index is 0.275. The average Bonchev–Trinajstić information content (AvgIpc) is 2.72. The van der Waals surface area contributed by atoms with Gasteiger partial charge in [0.2, 0.25) is 0 Å². The Morgan fingerprint density at radius 1 is 1.63 bits per heavy atom. The number of alkyl halides is 1. The number of H-pyrrole nitrogens is 1. The minimum atomic E-state index is -0.688. The van der Waals surface area contributed by atoms with Crippen LogP contribution in [0, 0.1) is 6.92 Å². The molecule has 106 valence electrons. The van der Waals surface area contributed by atoms with E-state index in [2.05, 4.69) is 27.6 Å². The van der Waals surface area contributed by atoms with Crippen LogP contribution in [0.3, 0.4) is 0 Å². The van der Waals surface area contributed by atoms with Gasteiger partial charge in [0.25, 0.3) is 5.56 Å². The molecule has 1 aliphatic rings.